The lowest BCUT2D eigenvalue weighted by Crippen LogP contribution is -2.42. The van der Waals surface area contributed by atoms with Crippen LogP contribution in [-0.2, 0) is 0 Å². The topological polar surface area (TPSA) is 45.4 Å². The minimum atomic E-state index is -2.52. The van der Waals surface area contributed by atoms with Crippen LogP contribution in [0, 0.1) is 13.8 Å². The van der Waals surface area contributed by atoms with Gasteiger partial charge in [0.2, 0.25) is 5.71 Å². The summed E-state index contributed by atoms with van der Waals surface area (Å²) < 4.78 is 39.1. The molecule has 1 aliphatic heterocycles. The lowest BCUT2D eigenvalue weighted by Gasteiger charge is -2.33. The largest absolute Gasteiger partial charge is 0.435 e. The Morgan fingerprint density at radius 1 is 1.18 bits per heavy atom. The van der Waals surface area contributed by atoms with Crippen LogP contribution >= 0.6 is 0 Å². The van der Waals surface area contributed by atoms with E-state index in [1.165, 1.54) is 6.92 Å². The summed E-state index contributed by atoms with van der Waals surface area (Å²) in [5.74, 6) is 0.600. The van der Waals surface area contributed by atoms with Crippen molar-refractivity contribution in [2.45, 2.75) is 46.7 Å². The molecule has 0 aliphatic carbocycles. The van der Waals surface area contributed by atoms with E-state index in [9.17, 15) is 0 Å². The molecule has 0 spiro atoms. The smallest absolute Gasteiger partial charge is 0.227 e. The van der Waals surface area contributed by atoms with Gasteiger partial charge in [-0.05, 0) is 64.4 Å². The number of fused-ring (bicyclic) bond motifs is 4. The van der Waals surface area contributed by atoms with Gasteiger partial charge in [0, 0.05) is 32.8 Å². The van der Waals surface area contributed by atoms with Crippen molar-refractivity contribution in [3.8, 4) is 0 Å². The Morgan fingerprint density at radius 3 is 2.82 bits per heavy atom. The zero-order chi connectivity index (χ0) is 23.0. The van der Waals surface area contributed by atoms with E-state index < -0.39 is 19.0 Å². The number of pyridine rings is 2. The second-order valence-corrected chi connectivity index (χ2v) is 7.32. The Labute approximate surface area is 170 Å². The second-order valence-electron chi connectivity index (χ2n) is 7.32. The maximum Gasteiger partial charge on any atom is 0.227 e. The Hall–Kier alpha value is -3.08. The standard InChI is InChI=1S/C23H24N4O/c1-13(2)26-16(5)27(22-19(26)7-6-12-24-22)20-14(3)8-10-17-18-11-9-15(4)25-23(18)28-21(17)20/h6-13,16H,1-5H3/t16-/m0/s1/i1D3,13D/t13?,16-. The normalized spacial score (nSPS) is 21.2. The first-order chi connectivity index (χ1) is 15.0. The van der Waals surface area contributed by atoms with Gasteiger partial charge in [-0.25, -0.2) is 9.97 Å². The minimum Gasteiger partial charge on any atom is -0.435 e. The molecule has 0 saturated heterocycles. The van der Waals surface area contributed by atoms with Crippen LogP contribution in [-0.4, -0.2) is 22.2 Å². The molecule has 5 rings (SSSR count). The molecule has 0 saturated carbocycles. The molecule has 4 aromatic rings. The van der Waals surface area contributed by atoms with Crippen molar-refractivity contribution in [1.29, 1.82) is 0 Å². The Morgan fingerprint density at radius 2 is 2.00 bits per heavy atom. The van der Waals surface area contributed by atoms with Gasteiger partial charge in [0.1, 0.15) is 6.17 Å². The van der Waals surface area contributed by atoms with E-state index in [0.717, 1.165) is 27.7 Å². The van der Waals surface area contributed by atoms with Crippen molar-refractivity contribution in [3.05, 3.63) is 53.9 Å². The molecule has 28 heavy (non-hydrogen) atoms. The Balaban J connectivity index is 1.79. The monoisotopic (exact) mass is 376 g/mol. The molecule has 1 unspecified atom stereocenters. The predicted molar refractivity (Wildman–Crippen MR) is 114 cm³/mol. The van der Waals surface area contributed by atoms with Gasteiger partial charge in [0.05, 0.1) is 12.7 Å². The van der Waals surface area contributed by atoms with E-state index in [2.05, 4.69) is 9.97 Å². The highest BCUT2D eigenvalue weighted by molar-refractivity contribution is 6.09. The number of rotatable bonds is 2. The molecule has 0 amide bonds. The number of hydrogen-bond donors (Lipinski definition) is 0. The summed E-state index contributed by atoms with van der Waals surface area (Å²) in [6.07, 6.45) is 1.20. The fourth-order valence-electron chi connectivity index (χ4n) is 4.21. The second kappa shape index (κ2) is 5.96. The van der Waals surface area contributed by atoms with Gasteiger partial charge >= 0.3 is 0 Å². The number of furan rings is 1. The molecular weight excluding hydrogens is 348 g/mol. The van der Waals surface area contributed by atoms with Gasteiger partial charge in [-0.2, -0.15) is 0 Å². The van der Waals surface area contributed by atoms with Crippen LogP contribution < -0.4 is 9.80 Å². The van der Waals surface area contributed by atoms with Crippen LogP contribution in [0.1, 0.15) is 37.4 Å². The van der Waals surface area contributed by atoms with Gasteiger partial charge < -0.3 is 14.2 Å². The maximum atomic E-state index is 8.79. The Bertz CT molecular complexity index is 1360. The molecular formula is C23H24N4O. The molecule has 1 aliphatic rings. The van der Waals surface area contributed by atoms with Crippen molar-refractivity contribution < 1.29 is 9.90 Å². The van der Waals surface area contributed by atoms with E-state index in [-0.39, 0.29) is 0 Å². The van der Waals surface area contributed by atoms with Gasteiger partial charge in [-0.15, -0.1) is 0 Å². The summed E-state index contributed by atoms with van der Waals surface area (Å²) in [4.78, 5) is 12.7. The molecule has 0 fully saturated rings. The average molecular weight is 376 g/mol. The third kappa shape index (κ3) is 2.25. The number of hydrogen-bond acceptors (Lipinski definition) is 5. The predicted octanol–water partition coefficient (Wildman–Crippen LogP) is 5.71. The first-order valence-electron chi connectivity index (χ1n) is 11.4. The van der Waals surface area contributed by atoms with Gasteiger partial charge in [-0.3, -0.25) is 0 Å². The highest BCUT2D eigenvalue weighted by Crippen LogP contribution is 2.47. The molecule has 4 heterocycles. The summed E-state index contributed by atoms with van der Waals surface area (Å²) in [5.41, 5.74) is 4.46. The minimum absolute atomic E-state index is 0.477. The number of benzene rings is 1. The van der Waals surface area contributed by atoms with Crippen LogP contribution in [0.5, 0.6) is 0 Å². The summed E-state index contributed by atoms with van der Waals surface area (Å²) in [5, 5.41) is 1.85. The SMILES string of the molecule is [2H]C([2H])([2H])C([2H])(C)N1c2cccnc2N(c2c(C)ccc3c2oc2nc(C)ccc23)[C@H]1C. The number of aryl methyl sites for hydroxylation is 2. The summed E-state index contributed by atoms with van der Waals surface area (Å²) in [7, 11) is 0. The molecule has 2 atom stereocenters. The van der Waals surface area contributed by atoms with Crippen LogP contribution in [0.4, 0.5) is 17.2 Å². The molecule has 5 nitrogen and oxygen atoms in total. The van der Waals surface area contributed by atoms with Gasteiger partial charge in [0.25, 0.3) is 0 Å². The van der Waals surface area contributed by atoms with Crippen molar-refractivity contribution >= 4 is 39.3 Å². The fourth-order valence-corrected chi connectivity index (χ4v) is 4.21. The molecule has 5 heteroatoms. The van der Waals surface area contributed by atoms with Crippen molar-refractivity contribution in [2.24, 2.45) is 0 Å². The van der Waals surface area contributed by atoms with E-state index >= 15 is 0 Å². The lowest BCUT2D eigenvalue weighted by atomic mass is 10.1. The van der Waals surface area contributed by atoms with Crippen LogP contribution in [0.15, 0.2) is 47.0 Å². The van der Waals surface area contributed by atoms with E-state index in [1.54, 1.807) is 17.2 Å². The number of aromatic nitrogens is 2. The van der Waals surface area contributed by atoms with Crippen LogP contribution in [0.2, 0.25) is 0 Å². The highest BCUT2D eigenvalue weighted by Gasteiger charge is 2.38. The molecule has 0 radical (unpaired) electrons. The number of nitrogens with zero attached hydrogens (tertiary/aromatic N) is 4. The fraction of sp³-hybridized carbons (Fsp3) is 0.304. The summed E-state index contributed by atoms with van der Waals surface area (Å²) in [6, 6.07) is 9.72. The van der Waals surface area contributed by atoms with Gasteiger partial charge in [-0.1, -0.05) is 12.1 Å². The lowest BCUT2D eigenvalue weighted by molar-refractivity contribution is 0.601. The van der Waals surface area contributed by atoms with E-state index in [0.29, 0.717) is 22.8 Å². The molecule has 3 aromatic heterocycles. The quantitative estimate of drug-likeness (QED) is 0.449. The first kappa shape index (κ1) is 13.2. The third-order valence-electron chi connectivity index (χ3n) is 5.43. The molecule has 0 N–H and O–H groups in total. The molecule has 0 bridgehead atoms. The van der Waals surface area contributed by atoms with Crippen LogP contribution in [0.25, 0.3) is 22.1 Å². The van der Waals surface area contributed by atoms with Crippen molar-refractivity contribution in [2.75, 3.05) is 9.80 Å². The summed E-state index contributed by atoms with van der Waals surface area (Å²) >= 11 is 0. The third-order valence-corrected chi connectivity index (χ3v) is 5.43. The van der Waals surface area contributed by atoms with E-state index in [4.69, 9.17) is 9.90 Å². The van der Waals surface area contributed by atoms with E-state index in [1.807, 2.05) is 56.0 Å². The van der Waals surface area contributed by atoms with Gasteiger partial charge in [0.15, 0.2) is 11.4 Å². The zero-order valence-electron chi connectivity index (χ0n) is 20.3. The summed E-state index contributed by atoms with van der Waals surface area (Å²) in [6.45, 7) is 4.71. The Kier molecular flexibility index (Phi) is 2.80. The molecule has 142 valence electrons. The van der Waals surface area contributed by atoms with Crippen molar-refractivity contribution in [3.63, 3.8) is 0 Å². The van der Waals surface area contributed by atoms with Crippen molar-refractivity contribution in [1.82, 2.24) is 9.97 Å². The first-order valence-corrected chi connectivity index (χ1v) is 9.35. The maximum absolute atomic E-state index is 8.79. The zero-order valence-corrected chi connectivity index (χ0v) is 16.3. The number of anilines is 3. The highest BCUT2D eigenvalue weighted by atomic mass is 16.3. The molecule has 1 aromatic carbocycles. The average Bonchev–Trinajstić information content (AvgIpc) is 3.21. The van der Waals surface area contributed by atoms with Crippen LogP contribution in [0.3, 0.4) is 0 Å².